The first-order valence-electron chi connectivity index (χ1n) is 6.10. The molecule has 2 saturated heterocycles. The van der Waals surface area contributed by atoms with Gasteiger partial charge < -0.3 is 14.2 Å². The Labute approximate surface area is 83.6 Å². The van der Waals surface area contributed by atoms with E-state index in [2.05, 4.69) is 0 Å². The third-order valence-corrected chi connectivity index (χ3v) is 1.93. The Morgan fingerprint density at radius 1 is 1.38 bits per heavy atom. The van der Waals surface area contributed by atoms with Crippen LogP contribution >= 0.6 is 0 Å². The Kier molecular flexibility index (Phi) is 1.58. The summed E-state index contributed by atoms with van der Waals surface area (Å²) in [6, 6.07) is 0. The highest BCUT2D eigenvalue weighted by Crippen LogP contribution is 2.34. The molecule has 2 aliphatic heterocycles. The van der Waals surface area contributed by atoms with Gasteiger partial charge in [-0.2, -0.15) is 0 Å². The van der Waals surface area contributed by atoms with Crippen molar-refractivity contribution in [1.29, 1.82) is 0 Å². The summed E-state index contributed by atoms with van der Waals surface area (Å²) >= 11 is 0. The number of hydrogen-bond acceptors (Lipinski definition) is 3. The van der Waals surface area contributed by atoms with Crippen LogP contribution in [0.2, 0.25) is 0 Å². The van der Waals surface area contributed by atoms with Crippen LogP contribution in [-0.4, -0.2) is 31.2 Å². The first-order valence-corrected chi connectivity index (χ1v) is 4.60. The molecular formula is C10H18O3. The number of rotatable bonds is 1. The topological polar surface area (TPSA) is 27.7 Å². The molecule has 0 aromatic rings. The zero-order valence-electron chi connectivity index (χ0n) is 11.3. The van der Waals surface area contributed by atoms with Crippen LogP contribution in [-0.2, 0) is 14.2 Å². The van der Waals surface area contributed by atoms with Crippen LogP contribution in [0.25, 0.3) is 0 Å². The van der Waals surface area contributed by atoms with Gasteiger partial charge in [0.05, 0.1) is 27.6 Å². The van der Waals surface area contributed by atoms with E-state index >= 15 is 0 Å². The minimum absolute atomic E-state index is 0.0999. The lowest BCUT2D eigenvalue weighted by Gasteiger charge is -2.26. The molecule has 0 aliphatic carbocycles. The van der Waals surface area contributed by atoms with Crippen molar-refractivity contribution in [3.05, 3.63) is 0 Å². The van der Waals surface area contributed by atoms with Gasteiger partial charge >= 0.3 is 0 Å². The standard InChI is InChI=1S/C10H18O3/c1-10(2,3)13-8-6-12-9-7(8)4-5-11-9/h7-9H,4-6H2,1-3H3/t7-,8-,9+/m0/s1/i7D,8D,9D. The van der Waals surface area contributed by atoms with Crippen molar-refractivity contribution in [3.8, 4) is 0 Å². The van der Waals surface area contributed by atoms with Crippen molar-refractivity contribution in [2.45, 2.75) is 45.1 Å². The van der Waals surface area contributed by atoms with Crippen LogP contribution in [0.5, 0.6) is 0 Å². The molecule has 13 heavy (non-hydrogen) atoms. The van der Waals surface area contributed by atoms with Gasteiger partial charge in [-0.1, -0.05) is 0 Å². The van der Waals surface area contributed by atoms with E-state index in [1.165, 1.54) is 0 Å². The number of fused-ring (bicyclic) bond motifs is 1. The summed E-state index contributed by atoms with van der Waals surface area (Å²) in [5.74, 6) is -1.48. The van der Waals surface area contributed by atoms with Gasteiger partial charge in [0.25, 0.3) is 0 Å². The van der Waals surface area contributed by atoms with Crippen LogP contribution in [0, 0.1) is 5.89 Å². The average molecular weight is 189 g/mol. The molecular weight excluding hydrogens is 168 g/mol. The molecule has 0 unspecified atom stereocenters. The molecule has 0 saturated carbocycles. The fourth-order valence-electron chi connectivity index (χ4n) is 1.50. The van der Waals surface area contributed by atoms with E-state index in [-0.39, 0.29) is 19.6 Å². The van der Waals surface area contributed by atoms with E-state index in [1.807, 2.05) is 20.8 Å². The summed E-state index contributed by atoms with van der Waals surface area (Å²) in [6.45, 7) is 5.64. The highest BCUT2D eigenvalue weighted by molar-refractivity contribution is 4.85. The van der Waals surface area contributed by atoms with E-state index in [1.54, 1.807) is 0 Å². The molecule has 0 spiro atoms. The normalized spacial score (nSPS) is 59.8. The SMILES string of the molecule is [2H][C@]12OCC[C@@]1([2H])[C@@]([2H])(OC(C)(C)C)CO2. The van der Waals surface area contributed by atoms with E-state index in [0.717, 1.165) is 0 Å². The van der Waals surface area contributed by atoms with Gasteiger partial charge in [0, 0.05) is 7.26 Å². The van der Waals surface area contributed by atoms with Crippen LogP contribution in [0.4, 0.5) is 0 Å². The Morgan fingerprint density at radius 2 is 2.15 bits per heavy atom. The molecule has 2 aliphatic rings. The molecule has 3 nitrogen and oxygen atoms in total. The third-order valence-electron chi connectivity index (χ3n) is 1.93. The third kappa shape index (κ3) is 2.03. The molecule has 0 bridgehead atoms. The van der Waals surface area contributed by atoms with Crippen molar-refractivity contribution >= 4 is 0 Å². The molecule has 2 fully saturated rings. The van der Waals surface area contributed by atoms with Crippen molar-refractivity contribution < 1.29 is 18.3 Å². The molecule has 0 radical (unpaired) electrons. The lowest BCUT2D eigenvalue weighted by Crippen LogP contribution is -2.32. The van der Waals surface area contributed by atoms with E-state index in [9.17, 15) is 0 Å². The monoisotopic (exact) mass is 189 g/mol. The fraction of sp³-hybridized carbons (Fsp3) is 1.00. The Hall–Kier alpha value is -0.120. The molecule has 3 atom stereocenters. The highest BCUT2D eigenvalue weighted by atomic mass is 16.7. The van der Waals surface area contributed by atoms with Gasteiger partial charge in [-0.05, 0) is 27.2 Å². The Bertz CT molecular complexity index is 306. The largest absolute Gasteiger partial charge is 0.370 e. The molecule has 3 heteroatoms. The molecule has 0 aromatic heterocycles. The maximum atomic E-state index is 8.28. The van der Waals surface area contributed by atoms with Gasteiger partial charge in [-0.15, -0.1) is 0 Å². The zero-order valence-corrected chi connectivity index (χ0v) is 8.35. The van der Waals surface area contributed by atoms with E-state index < -0.39 is 23.8 Å². The lowest BCUT2D eigenvalue weighted by atomic mass is 10.0. The summed E-state index contributed by atoms with van der Waals surface area (Å²) in [6.07, 6.45) is -3.00. The maximum absolute atomic E-state index is 8.28. The summed E-state index contributed by atoms with van der Waals surface area (Å²) in [5.41, 5.74) is -0.549. The molecule has 0 N–H and O–H groups in total. The van der Waals surface area contributed by atoms with Crippen LogP contribution in [0.3, 0.4) is 0 Å². The second kappa shape index (κ2) is 3.23. The predicted octanol–water partition coefficient (Wildman–Crippen LogP) is 1.56. The summed E-state index contributed by atoms with van der Waals surface area (Å²) in [4.78, 5) is 0. The first kappa shape index (κ1) is 6.38. The summed E-state index contributed by atoms with van der Waals surface area (Å²) < 4.78 is 40.4. The van der Waals surface area contributed by atoms with Gasteiger partial charge in [-0.3, -0.25) is 0 Å². The fourth-order valence-corrected chi connectivity index (χ4v) is 1.50. The minimum atomic E-state index is -1.75. The van der Waals surface area contributed by atoms with Gasteiger partial charge in [0.15, 0.2) is 6.27 Å². The Balaban J connectivity index is 2.30. The van der Waals surface area contributed by atoms with Gasteiger partial charge in [-0.25, -0.2) is 0 Å². The molecule has 76 valence electrons. The van der Waals surface area contributed by atoms with Crippen molar-refractivity contribution in [2.24, 2.45) is 5.89 Å². The number of hydrogen-bond donors (Lipinski definition) is 0. The van der Waals surface area contributed by atoms with Gasteiger partial charge in [0.1, 0.15) is 0 Å². The predicted molar refractivity (Wildman–Crippen MR) is 48.4 cm³/mol. The average Bonchev–Trinajstić information content (AvgIpc) is 2.46. The Morgan fingerprint density at radius 3 is 2.85 bits per heavy atom. The summed E-state index contributed by atoms with van der Waals surface area (Å²) in [5, 5.41) is 0. The second-order valence-corrected chi connectivity index (χ2v) is 4.29. The zero-order chi connectivity index (χ0) is 12.2. The van der Waals surface area contributed by atoms with Crippen LogP contribution in [0.15, 0.2) is 0 Å². The van der Waals surface area contributed by atoms with Crippen LogP contribution in [0.1, 0.15) is 31.3 Å². The van der Waals surface area contributed by atoms with E-state index in [4.69, 9.17) is 18.3 Å². The summed E-state index contributed by atoms with van der Waals surface area (Å²) in [7, 11) is 0. The van der Waals surface area contributed by atoms with Crippen LogP contribution < -0.4 is 0 Å². The molecule has 0 aromatic carbocycles. The lowest BCUT2D eigenvalue weighted by molar-refractivity contribution is -0.0929. The molecule has 0 amide bonds. The first-order chi connectivity index (χ1) is 7.12. The van der Waals surface area contributed by atoms with Gasteiger partial charge in [0.2, 0.25) is 0 Å². The van der Waals surface area contributed by atoms with Crippen molar-refractivity contribution in [1.82, 2.24) is 0 Å². The smallest absolute Gasteiger partial charge is 0.163 e. The van der Waals surface area contributed by atoms with Crippen molar-refractivity contribution in [3.63, 3.8) is 0 Å². The number of ether oxygens (including phenoxy) is 3. The molecule has 2 rings (SSSR count). The molecule has 2 heterocycles. The van der Waals surface area contributed by atoms with E-state index in [0.29, 0.717) is 0 Å². The maximum Gasteiger partial charge on any atom is 0.163 e. The quantitative estimate of drug-likeness (QED) is 0.626. The van der Waals surface area contributed by atoms with Crippen molar-refractivity contribution in [2.75, 3.05) is 13.2 Å². The minimum Gasteiger partial charge on any atom is -0.370 e. The highest BCUT2D eigenvalue weighted by Gasteiger charge is 2.43. The second-order valence-electron chi connectivity index (χ2n) is 4.29.